The molecule has 8 nitrogen and oxygen atoms in total. The molecule has 0 amide bonds. The minimum atomic E-state index is -2.48. The van der Waals surface area contributed by atoms with E-state index in [0.717, 1.165) is 10.5 Å². The molecule has 0 radical (unpaired) electrons. The summed E-state index contributed by atoms with van der Waals surface area (Å²) < 4.78 is 47.0. The molecule has 0 unspecified atom stereocenters. The molecule has 0 N–H and O–H groups in total. The van der Waals surface area contributed by atoms with Crippen LogP contribution in [0.15, 0.2) is 0 Å². The third-order valence-electron chi connectivity index (χ3n) is 3.07. The van der Waals surface area contributed by atoms with Gasteiger partial charge < -0.3 is 32.9 Å². The van der Waals surface area contributed by atoms with Crippen LogP contribution in [0.4, 0.5) is 0 Å². The van der Waals surface area contributed by atoms with Crippen LogP contribution >= 0.6 is 0 Å². The van der Waals surface area contributed by atoms with Gasteiger partial charge in [0.25, 0.3) is 10.0 Å². The first-order chi connectivity index (χ1) is 13.5. The van der Waals surface area contributed by atoms with E-state index in [4.69, 9.17) is 32.9 Å². The predicted octanol–water partition coefficient (Wildman–Crippen LogP) is 2.59. The van der Waals surface area contributed by atoms with E-state index in [1.807, 2.05) is 6.55 Å². The van der Waals surface area contributed by atoms with Crippen molar-refractivity contribution in [1.29, 1.82) is 0 Å². The predicted molar refractivity (Wildman–Crippen MR) is 151 cm³/mol. The maximum atomic E-state index is 6.16. The molecule has 1 heterocycles. The smallest absolute Gasteiger partial charge is 0.449 e. The summed E-state index contributed by atoms with van der Waals surface area (Å²) >= 11 is 0. The first-order valence-corrected chi connectivity index (χ1v) is 32.2. The zero-order valence-electron chi connectivity index (χ0n) is 22.6. The molecule has 1 rings (SSSR count). The fourth-order valence-corrected chi connectivity index (χ4v) is 31.2. The summed E-state index contributed by atoms with van der Waals surface area (Å²) in [5.41, 5.74) is 0. The highest BCUT2D eigenvalue weighted by atomic mass is 28.5. The summed E-state index contributed by atoms with van der Waals surface area (Å²) in [6, 6.07) is 0. The molecule has 0 atom stereocenters. The van der Waals surface area contributed by atoms with E-state index in [0.29, 0.717) is 0 Å². The second-order valence-corrected chi connectivity index (χ2v) is 41.1. The summed E-state index contributed by atoms with van der Waals surface area (Å²) in [5.74, 6) is 0. The molecule has 0 aromatic carbocycles. The Kier molecular flexibility index (Phi) is 12.7. The van der Waals surface area contributed by atoms with Crippen LogP contribution in [-0.4, -0.2) is 80.9 Å². The molecule has 1 saturated heterocycles. The lowest BCUT2D eigenvalue weighted by atomic mass is 11.8. The maximum Gasteiger partial charge on any atom is 0.469 e. The molecular formula is C14H48O8Si9. The normalized spacial score (nSPS) is 21.4. The summed E-state index contributed by atoms with van der Waals surface area (Å²) in [6.45, 7) is 29.7. The van der Waals surface area contributed by atoms with E-state index < -0.39 is 70.4 Å². The first-order valence-electron chi connectivity index (χ1n) is 10.7. The van der Waals surface area contributed by atoms with Gasteiger partial charge in [0.15, 0.2) is 25.0 Å². The van der Waals surface area contributed by atoms with E-state index in [1.165, 1.54) is 0 Å². The van der Waals surface area contributed by atoms with Crippen LogP contribution in [0.1, 0.15) is 0 Å². The Balaban J connectivity index is 0.000000582. The Morgan fingerprint density at radius 3 is 1.35 bits per heavy atom. The van der Waals surface area contributed by atoms with Crippen molar-refractivity contribution in [3.63, 3.8) is 0 Å². The molecule has 31 heavy (non-hydrogen) atoms. The molecule has 0 bridgehead atoms. The third-order valence-corrected chi connectivity index (χ3v) is 27.6. The fourth-order valence-electron chi connectivity index (χ4n) is 2.94. The second-order valence-electron chi connectivity index (χ2n) is 11.5. The number of hydrogen-bond acceptors (Lipinski definition) is 8. The molecule has 0 saturated carbocycles. The van der Waals surface area contributed by atoms with Gasteiger partial charge in [0.1, 0.15) is 10.5 Å². The fraction of sp³-hybridized carbons (Fsp3) is 1.00. The van der Waals surface area contributed by atoms with Gasteiger partial charge in [-0.3, -0.25) is 0 Å². The average Bonchev–Trinajstić information content (AvgIpc) is 2.34. The summed E-state index contributed by atoms with van der Waals surface area (Å²) in [7, 11) is -13.4. The van der Waals surface area contributed by atoms with Crippen molar-refractivity contribution in [1.82, 2.24) is 0 Å². The standard InChI is InChI=1S/C8H24O4Si4.C6H24O4Si5/c1-13(2,3)9-16(8)11-14(4,5)10-15(6,7)12-16;1-14(2,3)9-13(8-12-7-11)10-15(4,5)6/h1-8H3;13H,12H2,1-6,11H3. The summed E-state index contributed by atoms with van der Waals surface area (Å²) in [6.07, 6.45) is 0. The van der Waals surface area contributed by atoms with Gasteiger partial charge in [-0.2, -0.15) is 0 Å². The molecule has 188 valence electrons. The Morgan fingerprint density at radius 2 is 1.06 bits per heavy atom. The maximum absolute atomic E-state index is 6.16. The van der Waals surface area contributed by atoms with Crippen molar-refractivity contribution >= 4 is 80.9 Å². The average molecular weight is 597 g/mol. The zero-order valence-corrected chi connectivity index (χ0v) is 33.1. The summed E-state index contributed by atoms with van der Waals surface area (Å²) in [4.78, 5) is 0. The van der Waals surface area contributed by atoms with Crippen molar-refractivity contribution in [3.05, 3.63) is 0 Å². The lowest BCUT2D eigenvalue weighted by Gasteiger charge is -2.48. The van der Waals surface area contributed by atoms with E-state index in [9.17, 15) is 0 Å². The molecule has 0 aliphatic carbocycles. The molecule has 0 aromatic rings. The zero-order chi connectivity index (χ0) is 24.9. The van der Waals surface area contributed by atoms with Crippen LogP contribution in [0.3, 0.4) is 0 Å². The van der Waals surface area contributed by atoms with Crippen molar-refractivity contribution in [2.24, 2.45) is 0 Å². The lowest BCUT2D eigenvalue weighted by molar-refractivity contribution is 0.171. The van der Waals surface area contributed by atoms with Crippen LogP contribution in [0.5, 0.6) is 0 Å². The quantitative estimate of drug-likeness (QED) is 0.376. The minimum absolute atomic E-state index is 0.749. The van der Waals surface area contributed by atoms with Crippen LogP contribution in [-0.2, 0) is 32.9 Å². The Bertz CT molecular complexity index is 508. The lowest BCUT2D eigenvalue weighted by Crippen LogP contribution is -2.68. The van der Waals surface area contributed by atoms with Gasteiger partial charge in [0, 0.05) is 6.55 Å². The van der Waals surface area contributed by atoms with Gasteiger partial charge in [-0.25, -0.2) is 0 Å². The van der Waals surface area contributed by atoms with Crippen LogP contribution in [0.2, 0.25) is 91.7 Å². The van der Waals surface area contributed by atoms with Gasteiger partial charge in [0.2, 0.25) is 0 Å². The van der Waals surface area contributed by atoms with E-state index >= 15 is 0 Å². The van der Waals surface area contributed by atoms with Gasteiger partial charge in [-0.15, -0.1) is 0 Å². The SMILES string of the molecule is C[Si](C)(C)O[SiH](O[SiH2]O[SiH3])O[Si](C)(C)C.C[Si](C)(C)O[Si]1(C)O[Si](C)(C)O[Si](C)(C)O1. The molecule has 1 fully saturated rings. The van der Waals surface area contributed by atoms with E-state index in [2.05, 4.69) is 85.1 Å². The van der Waals surface area contributed by atoms with Gasteiger partial charge >= 0.3 is 35.5 Å². The molecular weight excluding hydrogens is 549 g/mol. The van der Waals surface area contributed by atoms with Crippen molar-refractivity contribution in [2.45, 2.75) is 91.7 Å². The Morgan fingerprint density at radius 1 is 0.677 bits per heavy atom. The monoisotopic (exact) mass is 596 g/mol. The Labute approximate surface area is 204 Å². The van der Waals surface area contributed by atoms with Crippen molar-refractivity contribution in [3.8, 4) is 0 Å². The molecule has 0 aromatic heterocycles. The van der Waals surface area contributed by atoms with Crippen molar-refractivity contribution in [2.75, 3.05) is 0 Å². The highest BCUT2D eigenvalue weighted by molar-refractivity contribution is 6.93. The second kappa shape index (κ2) is 12.0. The van der Waals surface area contributed by atoms with Gasteiger partial charge in [-0.05, 0) is 85.1 Å². The van der Waals surface area contributed by atoms with E-state index in [1.54, 1.807) is 0 Å². The van der Waals surface area contributed by atoms with Crippen LogP contribution < -0.4 is 0 Å². The Hall–Kier alpha value is 1.63. The first kappa shape index (κ1) is 32.6. The highest BCUT2D eigenvalue weighted by Crippen LogP contribution is 2.32. The molecule has 17 heteroatoms. The van der Waals surface area contributed by atoms with Crippen LogP contribution in [0.25, 0.3) is 0 Å². The van der Waals surface area contributed by atoms with Crippen molar-refractivity contribution < 1.29 is 32.9 Å². The van der Waals surface area contributed by atoms with Gasteiger partial charge in [-0.1, -0.05) is 0 Å². The minimum Gasteiger partial charge on any atom is -0.449 e. The summed E-state index contributed by atoms with van der Waals surface area (Å²) in [5, 5.41) is 0. The molecule has 1 aliphatic heterocycles. The third kappa shape index (κ3) is 17.7. The topological polar surface area (TPSA) is 73.8 Å². The van der Waals surface area contributed by atoms with Crippen LogP contribution in [0, 0.1) is 0 Å². The number of rotatable bonds is 9. The largest absolute Gasteiger partial charge is 0.469 e. The highest BCUT2D eigenvalue weighted by Gasteiger charge is 2.55. The van der Waals surface area contributed by atoms with Gasteiger partial charge in [0.05, 0.1) is 0 Å². The number of hydrogen-bond donors (Lipinski definition) is 0. The molecule has 1 aliphatic rings. The molecule has 0 spiro atoms. The van der Waals surface area contributed by atoms with E-state index in [-0.39, 0.29) is 0 Å².